The van der Waals surface area contributed by atoms with Crippen molar-refractivity contribution in [3.63, 3.8) is 0 Å². The second kappa shape index (κ2) is 7.95. The molecule has 2 rings (SSSR count). The molecule has 3 atom stereocenters. The average molecular weight is 345 g/mol. The van der Waals surface area contributed by atoms with E-state index in [0.717, 1.165) is 0 Å². The smallest absolute Gasteiger partial charge is 0.318 e. The molecule has 0 saturated carbocycles. The quantitative estimate of drug-likeness (QED) is 0.882. The molecule has 1 heterocycles. The van der Waals surface area contributed by atoms with Crippen molar-refractivity contribution in [2.24, 2.45) is 0 Å². The minimum absolute atomic E-state index is 0.167. The molecule has 2 N–H and O–H groups in total. The Morgan fingerprint density at radius 2 is 2.30 bits per heavy atom. The van der Waals surface area contributed by atoms with Gasteiger partial charge in [-0.15, -0.1) is 0 Å². The summed E-state index contributed by atoms with van der Waals surface area (Å²) in [6.45, 7) is 4.82. The van der Waals surface area contributed by atoms with Crippen molar-refractivity contribution in [2.75, 3.05) is 19.8 Å². The highest BCUT2D eigenvalue weighted by Gasteiger charge is 2.29. The van der Waals surface area contributed by atoms with Crippen molar-refractivity contribution in [3.05, 3.63) is 34.6 Å². The van der Waals surface area contributed by atoms with Crippen LogP contribution in [0, 0.1) is 5.82 Å². The van der Waals surface area contributed by atoms with Gasteiger partial charge in [0.2, 0.25) is 0 Å². The van der Waals surface area contributed by atoms with Gasteiger partial charge < -0.3 is 20.1 Å². The topological polar surface area (TPSA) is 61.8 Å². The van der Waals surface area contributed by atoms with Crippen LogP contribution in [0.3, 0.4) is 0 Å². The van der Waals surface area contributed by atoms with Crippen LogP contribution in [0.15, 0.2) is 18.2 Å². The second-order valence-electron chi connectivity index (χ2n) is 5.84. The summed E-state index contributed by atoms with van der Waals surface area (Å²) in [6.07, 6.45) is -0.0555. The van der Waals surface area contributed by atoms with E-state index in [1.807, 2.05) is 0 Å². The molecular formula is C16H22ClFN2O3. The van der Waals surface area contributed by atoms with Gasteiger partial charge in [-0.05, 0) is 38.0 Å². The minimum atomic E-state index is -0.513. The van der Waals surface area contributed by atoms with Gasteiger partial charge in [0.05, 0.1) is 31.4 Å². The number of hydrogen-bond donors (Lipinski definition) is 2. The molecule has 1 aliphatic rings. The van der Waals surface area contributed by atoms with Crippen molar-refractivity contribution in [1.29, 1.82) is 0 Å². The Morgan fingerprint density at radius 1 is 1.57 bits per heavy atom. The van der Waals surface area contributed by atoms with Gasteiger partial charge in [-0.25, -0.2) is 9.18 Å². The van der Waals surface area contributed by atoms with Crippen molar-refractivity contribution in [1.82, 2.24) is 10.2 Å². The molecule has 0 aliphatic carbocycles. The third-order valence-corrected chi connectivity index (χ3v) is 4.20. The van der Waals surface area contributed by atoms with Gasteiger partial charge in [0.15, 0.2) is 0 Å². The Labute approximate surface area is 140 Å². The summed E-state index contributed by atoms with van der Waals surface area (Å²) < 4.78 is 18.5. The predicted octanol–water partition coefficient (Wildman–Crippen LogP) is 2.72. The van der Waals surface area contributed by atoms with E-state index >= 15 is 0 Å². The fourth-order valence-electron chi connectivity index (χ4n) is 2.71. The summed E-state index contributed by atoms with van der Waals surface area (Å²) in [5.74, 6) is -0.414. The van der Waals surface area contributed by atoms with Crippen molar-refractivity contribution < 1.29 is 19.0 Å². The number of nitrogens with one attached hydrogen (secondary N) is 1. The number of morpholine rings is 1. The predicted molar refractivity (Wildman–Crippen MR) is 86.0 cm³/mol. The molecule has 2 amide bonds. The van der Waals surface area contributed by atoms with E-state index < -0.39 is 11.9 Å². The Morgan fingerprint density at radius 3 is 2.96 bits per heavy atom. The third-order valence-electron chi connectivity index (χ3n) is 3.87. The van der Waals surface area contributed by atoms with Gasteiger partial charge in [0, 0.05) is 11.6 Å². The van der Waals surface area contributed by atoms with Gasteiger partial charge in [0.25, 0.3) is 0 Å². The number of carbonyl (C=O) groups is 1. The van der Waals surface area contributed by atoms with Crippen LogP contribution in [-0.2, 0) is 4.74 Å². The van der Waals surface area contributed by atoms with Crippen LogP contribution in [0.1, 0.15) is 31.9 Å². The number of carbonyl (C=O) groups excluding carboxylic acids is 1. The summed E-state index contributed by atoms with van der Waals surface area (Å²) in [5.41, 5.74) is 0.654. The van der Waals surface area contributed by atoms with Gasteiger partial charge in [0.1, 0.15) is 5.82 Å². The zero-order valence-corrected chi connectivity index (χ0v) is 14.0. The van der Waals surface area contributed by atoms with Crippen LogP contribution in [0.25, 0.3) is 0 Å². The van der Waals surface area contributed by atoms with E-state index in [4.69, 9.17) is 16.3 Å². The molecule has 0 bridgehead atoms. The highest BCUT2D eigenvalue weighted by Crippen LogP contribution is 2.24. The SMILES string of the molecule is C[C@H](O)C[C@H]1COCCN1C(=O)N[C@H](C)c1ccc(F)cc1Cl. The first-order chi connectivity index (χ1) is 10.9. The zero-order chi connectivity index (χ0) is 17.0. The summed E-state index contributed by atoms with van der Waals surface area (Å²) >= 11 is 6.03. The Bertz CT molecular complexity index is 556. The lowest BCUT2D eigenvalue weighted by molar-refractivity contribution is -0.00473. The van der Waals surface area contributed by atoms with Gasteiger partial charge in [-0.1, -0.05) is 17.7 Å². The number of hydrogen-bond acceptors (Lipinski definition) is 3. The zero-order valence-electron chi connectivity index (χ0n) is 13.3. The molecule has 1 fully saturated rings. The molecule has 0 spiro atoms. The number of urea groups is 1. The molecule has 0 unspecified atom stereocenters. The molecule has 1 aromatic rings. The summed E-state index contributed by atoms with van der Waals surface area (Å²) in [7, 11) is 0. The van der Waals surface area contributed by atoms with Crippen LogP contribution >= 0.6 is 11.6 Å². The number of halogens is 2. The van der Waals surface area contributed by atoms with Crippen LogP contribution in [0.4, 0.5) is 9.18 Å². The molecule has 1 aliphatic heterocycles. The van der Waals surface area contributed by atoms with E-state index in [1.54, 1.807) is 24.8 Å². The molecular weight excluding hydrogens is 323 g/mol. The molecule has 7 heteroatoms. The Hall–Kier alpha value is -1.37. The summed E-state index contributed by atoms with van der Waals surface area (Å²) in [5, 5.41) is 12.7. The number of rotatable bonds is 4. The van der Waals surface area contributed by atoms with E-state index in [9.17, 15) is 14.3 Å². The van der Waals surface area contributed by atoms with Crippen molar-refractivity contribution >= 4 is 17.6 Å². The van der Waals surface area contributed by atoms with E-state index in [2.05, 4.69) is 5.32 Å². The maximum absolute atomic E-state index is 13.1. The molecule has 0 radical (unpaired) electrons. The number of amides is 2. The molecule has 1 saturated heterocycles. The van der Waals surface area contributed by atoms with Crippen molar-refractivity contribution in [2.45, 2.75) is 38.5 Å². The van der Waals surface area contributed by atoms with E-state index in [0.29, 0.717) is 31.7 Å². The van der Waals surface area contributed by atoms with Gasteiger partial charge in [-0.2, -0.15) is 0 Å². The maximum Gasteiger partial charge on any atom is 0.318 e. The molecule has 23 heavy (non-hydrogen) atoms. The normalized spacial score (nSPS) is 20.9. The number of aliphatic hydroxyl groups excluding tert-OH is 1. The lowest BCUT2D eigenvalue weighted by atomic mass is 10.1. The van der Waals surface area contributed by atoms with Crippen molar-refractivity contribution in [3.8, 4) is 0 Å². The van der Waals surface area contributed by atoms with Gasteiger partial charge >= 0.3 is 6.03 Å². The summed E-state index contributed by atoms with van der Waals surface area (Å²) in [4.78, 5) is 14.2. The fraction of sp³-hybridized carbons (Fsp3) is 0.562. The standard InChI is InChI=1S/C16H22ClFN2O3/c1-10(21)7-13-9-23-6-5-20(13)16(22)19-11(2)14-4-3-12(18)8-15(14)17/h3-4,8,10-11,13,21H,5-7,9H2,1-2H3,(H,19,22)/t10-,11+,13-/m0/s1. The number of aliphatic hydroxyl groups is 1. The molecule has 128 valence electrons. The lowest BCUT2D eigenvalue weighted by Crippen LogP contribution is -2.53. The molecule has 1 aromatic carbocycles. The first-order valence-electron chi connectivity index (χ1n) is 7.66. The third kappa shape index (κ3) is 4.80. The highest BCUT2D eigenvalue weighted by atomic mass is 35.5. The van der Waals surface area contributed by atoms with Crippen LogP contribution in [0.2, 0.25) is 5.02 Å². The van der Waals surface area contributed by atoms with E-state index in [1.165, 1.54) is 12.1 Å². The Kier molecular flexibility index (Phi) is 6.21. The number of nitrogens with zero attached hydrogens (tertiary/aromatic N) is 1. The van der Waals surface area contributed by atoms with Crippen LogP contribution in [-0.4, -0.2) is 47.9 Å². The highest BCUT2D eigenvalue weighted by molar-refractivity contribution is 6.31. The Balaban J connectivity index is 2.04. The monoisotopic (exact) mass is 344 g/mol. The van der Waals surface area contributed by atoms with Crippen LogP contribution in [0.5, 0.6) is 0 Å². The number of ether oxygens (including phenoxy) is 1. The first-order valence-corrected chi connectivity index (χ1v) is 8.04. The first kappa shape index (κ1) is 18.0. The average Bonchev–Trinajstić information content (AvgIpc) is 2.46. The second-order valence-corrected chi connectivity index (χ2v) is 6.25. The van der Waals surface area contributed by atoms with Gasteiger partial charge in [-0.3, -0.25) is 0 Å². The largest absolute Gasteiger partial charge is 0.393 e. The number of benzene rings is 1. The van der Waals surface area contributed by atoms with E-state index in [-0.39, 0.29) is 23.1 Å². The fourth-order valence-corrected chi connectivity index (χ4v) is 3.04. The summed E-state index contributed by atoms with van der Waals surface area (Å²) in [6, 6.07) is 3.34. The molecule has 5 nitrogen and oxygen atoms in total. The maximum atomic E-state index is 13.1. The minimum Gasteiger partial charge on any atom is -0.393 e. The molecule has 0 aromatic heterocycles. The van der Waals surface area contributed by atoms with Crippen LogP contribution < -0.4 is 5.32 Å². The lowest BCUT2D eigenvalue weighted by Gasteiger charge is -2.37.